The number of benzene rings is 1. The van der Waals surface area contributed by atoms with Crippen LogP contribution in [0.3, 0.4) is 0 Å². The molecular weight excluding hydrogens is 318 g/mol. The van der Waals surface area contributed by atoms with E-state index in [9.17, 15) is 13.2 Å². The number of rotatable bonds is 6. The smallest absolute Gasteiger partial charge is 0.268 e. The van der Waals surface area contributed by atoms with E-state index in [-0.39, 0.29) is 16.5 Å². The van der Waals surface area contributed by atoms with Crippen LogP contribution in [0.1, 0.15) is 16.1 Å². The lowest BCUT2D eigenvalue weighted by Crippen LogP contribution is -2.24. The number of sulfonamides is 1. The second-order valence-corrected chi connectivity index (χ2v) is 6.80. The van der Waals surface area contributed by atoms with Gasteiger partial charge in [-0.2, -0.15) is 0 Å². The van der Waals surface area contributed by atoms with Crippen molar-refractivity contribution in [1.82, 2.24) is 14.6 Å². The summed E-state index contributed by atoms with van der Waals surface area (Å²) in [4.78, 5) is 12.3. The molecule has 23 heavy (non-hydrogen) atoms. The van der Waals surface area contributed by atoms with Crippen LogP contribution in [0.5, 0.6) is 5.75 Å². The predicted molar refractivity (Wildman–Crippen MR) is 85.8 cm³/mol. The van der Waals surface area contributed by atoms with E-state index in [0.29, 0.717) is 6.54 Å². The number of ether oxygens (including phenoxy) is 1. The van der Waals surface area contributed by atoms with Crippen LogP contribution in [0.4, 0.5) is 0 Å². The second kappa shape index (κ2) is 6.84. The predicted octanol–water partition coefficient (Wildman–Crippen LogP) is 0.872. The average Bonchev–Trinajstić information content (AvgIpc) is 2.96. The Morgan fingerprint density at radius 1 is 1.26 bits per heavy atom. The number of aryl methyl sites for hydroxylation is 1. The van der Waals surface area contributed by atoms with Crippen molar-refractivity contribution in [3.8, 4) is 5.75 Å². The lowest BCUT2D eigenvalue weighted by atomic mass is 10.2. The first-order valence-electron chi connectivity index (χ1n) is 6.88. The highest BCUT2D eigenvalue weighted by atomic mass is 32.2. The molecule has 1 amide bonds. The SMILES string of the molecule is CNS(=O)(=O)c1cc(C(=O)NCc2ccc(OC)cc2)n(C)c1. The monoisotopic (exact) mass is 337 g/mol. The largest absolute Gasteiger partial charge is 0.497 e. The van der Waals surface area contributed by atoms with E-state index in [1.54, 1.807) is 14.2 Å². The molecule has 7 nitrogen and oxygen atoms in total. The van der Waals surface area contributed by atoms with Gasteiger partial charge in [-0.15, -0.1) is 0 Å². The summed E-state index contributed by atoms with van der Waals surface area (Å²) in [6.45, 7) is 0.335. The average molecular weight is 337 g/mol. The number of amides is 1. The van der Waals surface area contributed by atoms with Crippen LogP contribution in [0, 0.1) is 0 Å². The lowest BCUT2D eigenvalue weighted by molar-refractivity contribution is 0.0943. The minimum Gasteiger partial charge on any atom is -0.497 e. The van der Waals surface area contributed by atoms with E-state index < -0.39 is 10.0 Å². The molecule has 0 saturated heterocycles. The maximum absolute atomic E-state index is 12.2. The molecule has 1 heterocycles. The van der Waals surface area contributed by atoms with Gasteiger partial charge in [0.1, 0.15) is 16.3 Å². The fraction of sp³-hybridized carbons (Fsp3) is 0.267. The van der Waals surface area contributed by atoms with Crippen LogP contribution < -0.4 is 14.8 Å². The van der Waals surface area contributed by atoms with Crippen LogP contribution in [0.2, 0.25) is 0 Å². The van der Waals surface area contributed by atoms with Crippen molar-refractivity contribution >= 4 is 15.9 Å². The molecule has 0 fully saturated rings. The third-order valence-electron chi connectivity index (χ3n) is 3.40. The van der Waals surface area contributed by atoms with E-state index in [4.69, 9.17) is 4.74 Å². The normalized spacial score (nSPS) is 11.3. The number of carbonyl (C=O) groups excluding carboxylic acids is 1. The molecule has 0 spiro atoms. The molecule has 2 N–H and O–H groups in total. The van der Waals surface area contributed by atoms with E-state index in [1.807, 2.05) is 24.3 Å². The fourth-order valence-corrected chi connectivity index (χ4v) is 2.84. The van der Waals surface area contributed by atoms with Crippen LogP contribution in [0.15, 0.2) is 41.4 Å². The fourth-order valence-electron chi connectivity index (χ4n) is 2.04. The van der Waals surface area contributed by atoms with Gasteiger partial charge in [-0.3, -0.25) is 4.79 Å². The Morgan fingerprint density at radius 2 is 1.91 bits per heavy atom. The molecule has 8 heteroatoms. The summed E-state index contributed by atoms with van der Waals surface area (Å²) >= 11 is 0. The zero-order valence-corrected chi connectivity index (χ0v) is 14.0. The van der Waals surface area contributed by atoms with Gasteiger partial charge in [0.25, 0.3) is 5.91 Å². The number of carbonyl (C=O) groups is 1. The van der Waals surface area contributed by atoms with Gasteiger partial charge in [0, 0.05) is 19.8 Å². The molecule has 0 unspecified atom stereocenters. The van der Waals surface area contributed by atoms with Crippen LogP contribution in [-0.2, 0) is 23.6 Å². The Balaban J connectivity index is 2.08. The molecule has 2 aromatic rings. The minimum atomic E-state index is -3.57. The van der Waals surface area contributed by atoms with Crippen molar-refractivity contribution in [1.29, 1.82) is 0 Å². The van der Waals surface area contributed by atoms with E-state index in [1.165, 1.54) is 23.9 Å². The summed E-state index contributed by atoms with van der Waals surface area (Å²) in [7, 11) is 0.961. The Labute approximate surface area is 135 Å². The van der Waals surface area contributed by atoms with Gasteiger partial charge < -0.3 is 14.6 Å². The number of nitrogens with zero attached hydrogens (tertiary/aromatic N) is 1. The molecule has 0 bridgehead atoms. The molecule has 124 valence electrons. The summed E-state index contributed by atoms with van der Waals surface area (Å²) in [5, 5.41) is 2.76. The van der Waals surface area contributed by atoms with Crippen molar-refractivity contribution in [2.45, 2.75) is 11.4 Å². The van der Waals surface area contributed by atoms with Gasteiger partial charge in [0.05, 0.1) is 7.11 Å². The molecule has 0 radical (unpaired) electrons. The first-order chi connectivity index (χ1) is 10.9. The Hall–Kier alpha value is -2.32. The number of hydrogen-bond acceptors (Lipinski definition) is 4. The minimum absolute atomic E-state index is 0.0529. The maximum Gasteiger partial charge on any atom is 0.268 e. The molecule has 0 aliphatic rings. The Kier molecular flexibility index (Phi) is 5.07. The molecule has 0 aliphatic heterocycles. The second-order valence-electron chi connectivity index (χ2n) is 4.91. The van der Waals surface area contributed by atoms with Crippen molar-refractivity contribution in [3.05, 3.63) is 47.8 Å². The molecular formula is C15H19N3O4S. The van der Waals surface area contributed by atoms with Crippen molar-refractivity contribution in [2.75, 3.05) is 14.2 Å². The number of hydrogen-bond donors (Lipinski definition) is 2. The standard InChI is InChI=1S/C15H19N3O4S/c1-16-23(20,21)13-8-14(18(2)10-13)15(19)17-9-11-4-6-12(22-3)7-5-11/h4-8,10,16H,9H2,1-3H3,(H,17,19). The van der Waals surface area contributed by atoms with Crippen molar-refractivity contribution < 1.29 is 17.9 Å². The summed E-state index contributed by atoms with van der Waals surface area (Å²) in [6.07, 6.45) is 1.40. The van der Waals surface area contributed by atoms with Crippen molar-refractivity contribution in [3.63, 3.8) is 0 Å². The zero-order valence-electron chi connectivity index (χ0n) is 13.2. The van der Waals surface area contributed by atoms with Gasteiger partial charge in [-0.25, -0.2) is 13.1 Å². The van der Waals surface area contributed by atoms with Crippen molar-refractivity contribution in [2.24, 2.45) is 7.05 Å². The van der Waals surface area contributed by atoms with Gasteiger partial charge >= 0.3 is 0 Å². The first kappa shape index (κ1) is 17.0. The van der Waals surface area contributed by atoms with Gasteiger partial charge in [0.15, 0.2) is 0 Å². The zero-order chi connectivity index (χ0) is 17.0. The highest BCUT2D eigenvalue weighted by Gasteiger charge is 2.18. The molecule has 1 aromatic carbocycles. The quantitative estimate of drug-likeness (QED) is 0.818. The van der Waals surface area contributed by atoms with Gasteiger partial charge in [0.2, 0.25) is 10.0 Å². The number of nitrogens with one attached hydrogen (secondary N) is 2. The van der Waals surface area contributed by atoms with E-state index in [0.717, 1.165) is 11.3 Å². The summed E-state index contributed by atoms with van der Waals surface area (Å²) in [6, 6.07) is 8.65. The highest BCUT2D eigenvalue weighted by Crippen LogP contribution is 2.14. The summed E-state index contributed by atoms with van der Waals surface area (Å²) in [5.74, 6) is 0.394. The number of methoxy groups -OCH3 is 1. The third kappa shape index (κ3) is 3.91. The van der Waals surface area contributed by atoms with Crippen LogP contribution in [-0.4, -0.2) is 33.0 Å². The Morgan fingerprint density at radius 3 is 2.48 bits per heavy atom. The lowest BCUT2D eigenvalue weighted by Gasteiger charge is -2.07. The van der Waals surface area contributed by atoms with Crippen LogP contribution in [0.25, 0.3) is 0 Å². The van der Waals surface area contributed by atoms with E-state index in [2.05, 4.69) is 10.0 Å². The van der Waals surface area contributed by atoms with Crippen LogP contribution >= 0.6 is 0 Å². The highest BCUT2D eigenvalue weighted by molar-refractivity contribution is 7.89. The van der Waals surface area contributed by atoms with Gasteiger partial charge in [-0.1, -0.05) is 12.1 Å². The molecule has 0 atom stereocenters. The van der Waals surface area contributed by atoms with Gasteiger partial charge in [-0.05, 0) is 30.8 Å². The summed E-state index contributed by atoms with van der Waals surface area (Å²) in [5.41, 5.74) is 1.18. The molecule has 0 saturated carbocycles. The topological polar surface area (TPSA) is 89.4 Å². The molecule has 0 aliphatic carbocycles. The molecule has 1 aromatic heterocycles. The molecule has 2 rings (SSSR count). The summed E-state index contributed by atoms with van der Waals surface area (Å²) < 4.78 is 32.3. The number of aromatic nitrogens is 1. The van der Waals surface area contributed by atoms with E-state index >= 15 is 0 Å². The Bertz CT molecular complexity index is 795. The maximum atomic E-state index is 12.2. The third-order valence-corrected chi connectivity index (χ3v) is 4.78. The first-order valence-corrected chi connectivity index (χ1v) is 8.36.